The van der Waals surface area contributed by atoms with E-state index in [1.165, 1.54) is 16.3 Å². The van der Waals surface area contributed by atoms with E-state index >= 15 is 0 Å². The minimum Gasteiger partial charge on any atom is -0.492 e. The summed E-state index contributed by atoms with van der Waals surface area (Å²) in [5.41, 5.74) is 1.27. The van der Waals surface area contributed by atoms with Gasteiger partial charge >= 0.3 is 0 Å². The van der Waals surface area contributed by atoms with Gasteiger partial charge in [0.15, 0.2) is 0 Å². The molecule has 0 bridgehead atoms. The first-order chi connectivity index (χ1) is 8.79. The van der Waals surface area contributed by atoms with Crippen molar-refractivity contribution in [3.63, 3.8) is 0 Å². The summed E-state index contributed by atoms with van der Waals surface area (Å²) in [5, 5.41) is 14.1. The Kier molecular flexibility index (Phi) is 4.56. The van der Waals surface area contributed by atoms with E-state index in [0.29, 0.717) is 13.2 Å². The second-order valence-electron chi connectivity index (χ2n) is 4.33. The SMILES string of the molecule is Cc1ccc2cc(OCCNCCO)ccc2c1. The van der Waals surface area contributed by atoms with Crippen LogP contribution in [0.5, 0.6) is 5.75 Å². The van der Waals surface area contributed by atoms with Crippen molar-refractivity contribution in [2.24, 2.45) is 0 Å². The van der Waals surface area contributed by atoms with E-state index in [0.717, 1.165) is 12.3 Å². The molecule has 0 saturated carbocycles. The van der Waals surface area contributed by atoms with Gasteiger partial charge in [0, 0.05) is 13.1 Å². The van der Waals surface area contributed by atoms with E-state index in [4.69, 9.17) is 9.84 Å². The molecule has 0 aliphatic heterocycles. The zero-order valence-corrected chi connectivity index (χ0v) is 10.6. The highest BCUT2D eigenvalue weighted by Crippen LogP contribution is 2.21. The predicted octanol–water partition coefficient (Wildman–Crippen LogP) is 2.11. The first-order valence-corrected chi connectivity index (χ1v) is 6.24. The molecule has 2 N–H and O–H groups in total. The predicted molar refractivity (Wildman–Crippen MR) is 74.1 cm³/mol. The summed E-state index contributed by atoms with van der Waals surface area (Å²) < 4.78 is 5.65. The fraction of sp³-hybridized carbons (Fsp3) is 0.333. The van der Waals surface area contributed by atoms with Crippen molar-refractivity contribution >= 4 is 10.8 Å². The Morgan fingerprint density at radius 2 is 1.83 bits per heavy atom. The Morgan fingerprint density at radius 1 is 1.06 bits per heavy atom. The van der Waals surface area contributed by atoms with Gasteiger partial charge in [-0.2, -0.15) is 0 Å². The lowest BCUT2D eigenvalue weighted by Gasteiger charge is -2.08. The molecule has 0 aromatic heterocycles. The fourth-order valence-corrected chi connectivity index (χ4v) is 1.88. The van der Waals surface area contributed by atoms with Crippen LogP contribution in [0.25, 0.3) is 10.8 Å². The molecule has 0 amide bonds. The molecule has 0 saturated heterocycles. The number of ether oxygens (including phenoxy) is 1. The van der Waals surface area contributed by atoms with Gasteiger partial charge in [-0.1, -0.05) is 29.8 Å². The van der Waals surface area contributed by atoms with E-state index in [-0.39, 0.29) is 6.61 Å². The van der Waals surface area contributed by atoms with Crippen molar-refractivity contribution in [2.45, 2.75) is 6.92 Å². The molecule has 0 spiro atoms. The summed E-state index contributed by atoms with van der Waals surface area (Å²) in [6, 6.07) is 12.5. The number of aryl methyl sites for hydroxylation is 1. The number of benzene rings is 2. The second kappa shape index (κ2) is 6.38. The van der Waals surface area contributed by atoms with Crippen LogP contribution in [0.1, 0.15) is 5.56 Å². The summed E-state index contributed by atoms with van der Waals surface area (Å²) >= 11 is 0. The van der Waals surface area contributed by atoms with Crippen LogP contribution in [0.2, 0.25) is 0 Å². The average Bonchev–Trinajstić information content (AvgIpc) is 2.38. The van der Waals surface area contributed by atoms with Crippen molar-refractivity contribution in [1.82, 2.24) is 5.32 Å². The zero-order valence-electron chi connectivity index (χ0n) is 10.6. The molecular weight excluding hydrogens is 226 g/mol. The van der Waals surface area contributed by atoms with Gasteiger partial charge < -0.3 is 15.2 Å². The third-order valence-electron chi connectivity index (χ3n) is 2.80. The van der Waals surface area contributed by atoms with E-state index in [1.54, 1.807) is 0 Å². The second-order valence-corrected chi connectivity index (χ2v) is 4.33. The van der Waals surface area contributed by atoms with Crippen LogP contribution in [0, 0.1) is 6.92 Å². The van der Waals surface area contributed by atoms with Gasteiger partial charge in [0.05, 0.1) is 6.61 Å². The van der Waals surface area contributed by atoms with Crippen LogP contribution in [-0.2, 0) is 0 Å². The Bertz CT molecular complexity index is 511. The number of fused-ring (bicyclic) bond motifs is 1. The van der Waals surface area contributed by atoms with Crippen molar-refractivity contribution in [3.05, 3.63) is 42.0 Å². The highest BCUT2D eigenvalue weighted by Gasteiger charge is 1.98. The quantitative estimate of drug-likeness (QED) is 0.766. The highest BCUT2D eigenvalue weighted by atomic mass is 16.5. The molecule has 18 heavy (non-hydrogen) atoms. The molecule has 3 nitrogen and oxygen atoms in total. The molecule has 0 heterocycles. The van der Waals surface area contributed by atoms with E-state index in [2.05, 4.69) is 42.6 Å². The van der Waals surface area contributed by atoms with Crippen molar-refractivity contribution < 1.29 is 9.84 Å². The number of rotatable bonds is 6. The summed E-state index contributed by atoms with van der Waals surface area (Å²) in [6.45, 7) is 4.22. The van der Waals surface area contributed by atoms with Gasteiger partial charge in [-0.15, -0.1) is 0 Å². The third kappa shape index (κ3) is 3.45. The van der Waals surface area contributed by atoms with E-state index in [1.807, 2.05) is 6.07 Å². The molecule has 0 radical (unpaired) electrons. The fourth-order valence-electron chi connectivity index (χ4n) is 1.88. The molecule has 2 aromatic rings. The van der Waals surface area contributed by atoms with Crippen molar-refractivity contribution in [2.75, 3.05) is 26.3 Å². The van der Waals surface area contributed by atoms with Crippen LogP contribution in [0.15, 0.2) is 36.4 Å². The Balaban J connectivity index is 1.95. The maximum Gasteiger partial charge on any atom is 0.120 e. The summed E-state index contributed by atoms with van der Waals surface area (Å²) in [6.07, 6.45) is 0. The van der Waals surface area contributed by atoms with E-state index in [9.17, 15) is 0 Å². The summed E-state index contributed by atoms with van der Waals surface area (Å²) in [7, 11) is 0. The molecule has 0 aliphatic rings. The van der Waals surface area contributed by atoms with Crippen LogP contribution in [0.4, 0.5) is 0 Å². The third-order valence-corrected chi connectivity index (χ3v) is 2.80. The lowest BCUT2D eigenvalue weighted by Crippen LogP contribution is -2.23. The van der Waals surface area contributed by atoms with Gasteiger partial charge in [0.2, 0.25) is 0 Å². The van der Waals surface area contributed by atoms with Gasteiger partial charge in [-0.25, -0.2) is 0 Å². The molecule has 2 aromatic carbocycles. The molecule has 3 heteroatoms. The first-order valence-electron chi connectivity index (χ1n) is 6.24. The lowest BCUT2D eigenvalue weighted by atomic mass is 10.1. The molecular formula is C15H19NO2. The van der Waals surface area contributed by atoms with Gasteiger partial charge in [-0.3, -0.25) is 0 Å². The Labute approximate surface area is 107 Å². The van der Waals surface area contributed by atoms with Gasteiger partial charge in [0.1, 0.15) is 12.4 Å². The van der Waals surface area contributed by atoms with E-state index < -0.39 is 0 Å². The molecule has 2 rings (SSSR count). The normalized spacial score (nSPS) is 10.8. The topological polar surface area (TPSA) is 41.5 Å². The smallest absolute Gasteiger partial charge is 0.120 e. The maximum atomic E-state index is 8.62. The number of aliphatic hydroxyl groups is 1. The van der Waals surface area contributed by atoms with Gasteiger partial charge in [-0.05, 0) is 29.8 Å². The molecule has 96 valence electrons. The van der Waals surface area contributed by atoms with Crippen LogP contribution >= 0.6 is 0 Å². The lowest BCUT2D eigenvalue weighted by molar-refractivity contribution is 0.276. The standard InChI is InChI=1S/C15H19NO2/c1-12-2-3-14-11-15(5-4-13(14)10-12)18-9-7-16-6-8-17/h2-5,10-11,16-17H,6-9H2,1H3. The Morgan fingerprint density at radius 3 is 2.67 bits per heavy atom. The average molecular weight is 245 g/mol. The molecule has 0 atom stereocenters. The number of hydrogen-bond acceptors (Lipinski definition) is 3. The largest absolute Gasteiger partial charge is 0.492 e. The molecule has 0 aliphatic carbocycles. The zero-order chi connectivity index (χ0) is 12.8. The van der Waals surface area contributed by atoms with Crippen molar-refractivity contribution in [3.8, 4) is 5.75 Å². The summed E-state index contributed by atoms with van der Waals surface area (Å²) in [5.74, 6) is 0.886. The van der Waals surface area contributed by atoms with Crippen molar-refractivity contribution in [1.29, 1.82) is 0 Å². The monoisotopic (exact) mass is 245 g/mol. The Hall–Kier alpha value is -1.58. The maximum absolute atomic E-state index is 8.62. The number of hydrogen-bond donors (Lipinski definition) is 2. The number of nitrogens with one attached hydrogen (secondary N) is 1. The van der Waals surface area contributed by atoms with Crippen LogP contribution in [0.3, 0.4) is 0 Å². The minimum absolute atomic E-state index is 0.162. The highest BCUT2D eigenvalue weighted by molar-refractivity contribution is 5.84. The first kappa shape index (κ1) is 12.9. The molecule has 0 unspecified atom stereocenters. The van der Waals surface area contributed by atoms with Crippen LogP contribution < -0.4 is 10.1 Å². The minimum atomic E-state index is 0.162. The van der Waals surface area contributed by atoms with Crippen LogP contribution in [-0.4, -0.2) is 31.4 Å². The van der Waals surface area contributed by atoms with Gasteiger partial charge in [0.25, 0.3) is 0 Å². The summed E-state index contributed by atoms with van der Waals surface area (Å²) in [4.78, 5) is 0. The molecule has 0 fully saturated rings. The number of aliphatic hydroxyl groups excluding tert-OH is 1.